The van der Waals surface area contributed by atoms with Crippen LogP contribution in [0.4, 0.5) is 10.1 Å². The third-order valence-electron chi connectivity index (χ3n) is 2.05. The number of hydrogen-bond acceptors (Lipinski definition) is 3. The van der Waals surface area contributed by atoms with E-state index in [0.717, 1.165) is 0 Å². The minimum absolute atomic E-state index is 0.318. The van der Waals surface area contributed by atoms with Crippen molar-refractivity contribution < 1.29 is 9.13 Å². The van der Waals surface area contributed by atoms with E-state index in [1.807, 2.05) is 0 Å². The van der Waals surface area contributed by atoms with Crippen LogP contribution < -0.4 is 10.5 Å². The number of aromatic nitrogens is 1. The number of halogens is 1. The summed E-state index contributed by atoms with van der Waals surface area (Å²) in [5.41, 5.74) is 5.94. The molecule has 3 nitrogen and oxygen atoms in total. The van der Waals surface area contributed by atoms with E-state index in [2.05, 4.69) is 4.98 Å². The zero-order valence-corrected chi connectivity index (χ0v) is 7.62. The van der Waals surface area contributed by atoms with Crippen molar-refractivity contribution in [3.63, 3.8) is 0 Å². The number of nitrogens with two attached hydrogens (primary N) is 1. The molecule has 0 radical (unpaired) electrons. The number of nitrogen functional groups attached to an aromatic ring is 1. The third kappa shape index (κ3) is 1.16. The van der Waals surface area contributed by atoms with Crippen LogP contribution in [0.1, 0.15) is 0 Å². The van der Waals surface area contributed by atoms with Crippen LogP contribution in [0.2, 0.25) is 0 Å². The molecule has 0 saturated heterocycles. The molecule has 0 amide bonds. The van der Waals surface area contributed by atoms with Gasteiger partial charge in [0.25, 0.3) is 0 Å². The van der Waals surface area contributed by atoms with Crippen LogP contribution in [0.15, 0.2) is 24.4 Å². The Balaban J connectivity index is 2.91. The van der Waals surface area contributed by atoms with Gasteiger partial charge in [-0.05, 0) is 12.1 Å². The summed E-state index contributed by atoms with van der Waals surface area (Å²) in [6.07, 6.45) is 1.39. The molecule has 2 aromatic rings. The zero-order chi connectivity index (χ0) is 10.1. The summed E-state index contributed by atoms with van der Waals surface area (Å²) >= 11 is 0. The van der Waals surface area contributed by atoms with E-state index in [-0.39, 0.29) is 5.82 Å². The maximum atomic E-state index is 13.4. The SMILES string of the molecule is COc1ncc(N)c2c(F)cccc12. The average molecular weight is 192 g/mol. The van der Waals surface area contributed by atoms with Crippen LogP contribution in [0.3, 0.4) is 0 Å². The molecule has 2 rings (SSSR count). The second-order valence-corrected chi connectivity index (χ2v) is 2.89. The molecule has 1 heterocycles. The van der Waals surface area contributed by atoms with Crippen molar-refractivity contribution in [1.82, 2.24) is 4.98 Å². The highest BCUT2D eigenvalue weighted by Crippen LogP contribution is 2.29. The second-order valence-electron chi connectivity index (χ2n) is 2.89. The Hall–Kier alpha value is -1.84. The molecule has 0 aliphatic carbocycles. The Morgan fingerprint density at radius 3 is 2.93 bits per heavy atom. The topological polar surface area (TPSA) is 48.1 Å². The molecule has 72 valence electrons. The van der Waals surface area contributed by atoms with E-state index in [9.17, 15) is 4.39 Å². The fourth-order valence-electron chi connectivity index (χ4n) is 1.42. The Bertz CT molecular complexity index is 477. The molecule has 0 saturated carbocycles. The first-order valence-corrected chi connectivity index (χ1v) is 4.10. The quantitative estimate of drug-likeness (QED) is 0.751. The third-order valence-corrected chi connectivity index (χ3v) is 2.05. The number of anilines is 1. The lowest BCUT2D eigenvalue weighted by atomic mass is 10.1. The summed E-state index contributed by atoms with van der Waals surface area (Å²) in [5, 5.41) is 0.951. The van der Waals surface area contributed by atoms with E-state index >= 15 is 0 Å². The number of pyridine rings is 1. The van der Waals surface area contributed by atoms with Gasteiger partial charge in [0.15, 0.2) is 0 Å². The summed E-state index contributed by atoms with van der Waals surface area (Å²) in [4.78, 5) is 3.95. The van der Waals surface area contributed by atoms with Crippen molar-refractivity contribution in [2.75, 3.05) is 12.8 Å². The first-order valence-electron chi connectivity index (χ1n) is 4.10. The van der Waals surface area contributed by atoms with Crippen LogP contribution >= 0.6 is 0 Å². The number of nitrogens with zero attached hydrogens (tertiary/aromatic N) is 1. The number of hydrogen-bond donors (Lipinski definition) is 1. The van der Waals surface area contributed by atoms with Gasteiger partial charge >= 0.3 is 0 Å². The van der Waals surface area contributed by atoms with Gasteiger partial charge in [0, 0.05) is 10.8 Å². The molecule has 0 unspecified atom stereocenters. The van der Waals surface area contributed by atoms with Gasteiger partial charge in [-0.15, -0.1) is 0 Å². The van der Waals surface area contributed by atoms with Crippen molar-refractivity contribution in [2.45, 2.75) is 0 Å². The highest BCUT2D eigenvalue weighted by molar-refractivity contribution is 5.95. The number of ether oxygens (including phenoxy) is 1. The standard InChI is InChI=1S/C10H9FN2O/c1-14-10-6-3-2-4-7(11)9(6)8(12)5-13-10/h2-5H,12H2,1H3. The highest BCUT2D eigenvalue weighted by atomic mass is 19.1. The Morgan fingerprint density at radius 2 is 2.21 bits per heavy atom. The Morgan fingerprint density at radius 1 is 1.43 bits per heavy atom. The molecule has 2 N–H and O–H groups in total. The predicted octanol–water partition coefficient (Wildman–Crippen LogP) is 1.96. The van der Waals surface area contributed by atoms with E-state index in [1.54, 1.807) is 12.1 Å². The predicted molar refractivity (Wildman–Crippen MR) is 52.7 cm³/mol. The number of methoxy groups -OCH3 is 1. The van der Waals surface area contributed by atoms with E-state index in [4.69, 9.17) is 10.5 Å². The number of rotatable bonds is 1. The van der Waals surface area contributed by atoms with Crippen LogP contribution in [-0.2, 0) is 0 Å². The number of fused-ring (bicyclic) bond motifs is 1. The molecule has 0 fully saturated rings. The van der Waals surface area contributed by atoms with E-state index in [0.29, 0.717) is 22.3 Å². The van der Waals surface area contributed by atoms with Gasteiger partial charge in [-0.2, -0.15) is 0 Å². The zero-order valence-electron chi connectivity index (χ0n) is 7.62. The molecule has 0 aliphatic rings. The molecule has 0 spiro atoms. The van der Waals surface area contributed by atoms with Gasteiger partial charge in [-0.25, -0.2) is 9.37 Å². The summed E-state index contributed by atoms with van der Waals surface area (Å²) in [6.45, 7) is 0. The summed E-state index contributed by atoms with van der Waals surface area (Å²) in [6, 6.07) is 4.68. The Kier molecular flexibility index (Phi) is 1.96. The smallest absolute Gasteiger partial charge is 0.221 e. The Labute approximate surface area is 80.3 Å². The molecule has 4 heteroatoms. The van der Waals surface area contributed by atoms with Crippen molar-refractivity contribution in [2.24, 2.45) is 0 Å². The monoisotopic (exact) mass is 192 g/mol. The molecule has 0 aliphatic heterocycles. The lowest BCUT2D eigenvalue weighted by Crippen LogP contribution is -1.95. The normalized spacial score (nSPS) is 10.4. The van der Waals surface area contributed by atoms with E-state index in [1.165, 1.54) is 19.4 Å². The lowest BCUT2D eigenvalue weighted by molar-refractivity contribution is 0.403. The average Bonchev–Trinajstić information content (AvgIpc) is 2.18. The summed E-state index contributed by atoms with van der Waals surface area (Å²) in [7, 11) is 1.49. The van der Waals surface area contributed by atoms with Crippen molar-refractivity contribution >= 4 is 16.5 Å². The van der Waals surface area contributed by atoms with Crippen LogP contribution in [0.25, 0.3) is 10.8 Å². The molecule has 14 heavy (non-hydrogen) atoms. The van der Waals surface area contributed by atoms with Gasteiger partial charge in [0.05, 0.1) is 19.0 Å². The summed E-state index contributed by atoms with van der Waals surface area (Å²) < 4.78 is 18.4. The van der Waals surface area contributed by atoms with Crippen LogP contribution in [-0.4, -0.2) is 12.1 Å². The fraction of sp³-hybridized carbons (Fsp3) is 0.100. The fourth-order valence-corrected chi connectivity index (χ4v) is 1.42. The van der Waals surface area contributed by atoms with Gasteiger partial charge < -0.3 is 10.5 Å². The molecule has 1 aromatic carbocycles. The lowest BCUT2D eigenvalue weighted by Gasteiger charge is -2.06. The van der Waals surface area contributed by atoms with Crippen LogP contribution in [0, 0.1) is 5.82 Å². The molecule has 1 aromatic heterocycles. The van der Waals surface area contributed by atoms with Crippen molar-refractivity contribution in [3.05, 3.63) is 30.2 Å². The first-order chi connectivity index (χ1) is 6.74. The highest BCUT2D eigenvalue weighted by Gasteiger charge is 2.09. The van der Waals surface area contributed by atoms with Crippen molar-refractivity contribution in [1.29, 1.82) is 0 Å². The first kappa shape index (κ1) is 8.74. The summed E-state index contributed by atoms with van der Waals surface area (Å²) in [5.74, 6) is 0.0226. The van der Waals surface area contributed by atoms with Crippen molar-refractivity contribution in [3.8, 4) is 5.88 Å². The van der Waals surface area contributed by atoms with Crippen LogP contribution in [0.5, 0.6) is 5.88 Å². The minimum atomic E-state index is -0.360. The van der Waals surface area contributed by atoms with Gasteiger partial charge in [0.2, 0.25) is 5.88 Å². The largest absolute Gasteiger partial charge is 0.481 e. The molecular weight excluding hydrogens is 183 g/mol. The minimum Gasteiger partial charge on any atom is -0.481 e. The van der Waals surface area contributed by atoms with Gasteiger partial charge in [0.1, 0.15) is 5.82 Å². The number of benzene rings is 1. The molecule has 0 bridgehead atoms. The van der Waals surface area contributed by atoms with Gasteiger partial charge in [-0.1, -0.05) is 6.07 Å². The second kappa shape index (κ2) is 3.14. The maximum absolute atomic E-state index is 13.4. The maximum Gasteiger partial charge on any atom is 0.221 e. The van der Waals surface area contributed by atoms with Gasteiger partial charge in [-0.3, -0.25) is 0 Å². The van der Waals surface area contributed by atoms with E-state index < -0.39 is 0 Å². The molecular formula is C10H9FN2O. The molecule has 0 atom stereocenters.